The standard InChI is InChI=1S/C14H20N2O4/c1-9(2)16-14(18)15-8-11(17)10-3-4-12-13(7-10)20-6-5-19-12/h3-4,7,9,11,17H,5-6,8H2,1-2H3,(H2,15,16,18)/t11-/m1/s1. The summed E-state index contributed by atoms with van der Waals surface area (Å²) in [5.41, 5.74) is 0.680. The maximum atomic E-state index is 11.4. The Morgan fingerprint density at radius 2 is 2.00 bits per heavy atom. The fourth-order valence-electron chi connectivity index (χ4n) is 1.89. The number of aliphatic hydroxyl groups excluding tert-OH is 1. The monoisotopic (exact) mass is 280 g/mol. The van der Waals surface area contributed by atoms with Gasteiger partial charge in [0.2, 0.25) is 0 Å². The Hall–Kier alpha value is -1.95. The van der Waals surface area contributed by atoms with E-state index in [4.69, 9.17) is 9.47 Å². The highest BCUT2D eigenvalue weighted by atomic mass is 16.6. The third-order valence-corrected chi connectivity index (χ3v) is 2.83. The molecule has 0 saturated carbocycles. The first-order chi connectivity index (χ1) is 9.56. The van der Waals surface area contributed by atoms with Crippen molar-refractivity contribution in [1.29, 1.82) is 0 Å². The van der Waals surface area contributed by atoms with Crippen molar-refractivity contribution in [3.8, 4) is 11.5 Å². The first kappa shape index (κ1) is 14.5. The summed E-state index contributed by atoms with van der Waals surface area (Å²) in [6.07, 6.45) is -0.788. The first-order valence-electron chi connectivity index (χ1n) is 6.68. The van der Waals surface area contributed by atoms with Crippen molar-refractivity contribution in [1.82, 2.24) is 10.6 Å². The lowest BCUT2D eigenvalue weighted by Gasteiger charge is -2.20. The number of hydrogen-bond acceptors (Lipinski definition) is 4. The summed E-state index contributed by atoms with van der Waals surface area (Å²) < 4.78 is 10.9. The van der Waals surface area contributed by atoms with Crippen molar-refractivity contribution in [3.05, 3.63) is 23.8 Å². The van der Waals surface area contributed by atoms with Gasteiger partial charge < -0.3 is 25.2 Å². The molecule has 110 valence electrons. The Morgan fingerprint density at radius 1 is 1.30 bits per heavy atom. The van der Waals surface area contributed by atoms with Gasteiger partial charge in [-0.25, -0.2) is 4.79 Å². The maximum Gasteiger partial charge on any atom is 0.315 e. The predicted molar refractivity (Wildman–Crippen MR) is 74.1 cm³/mol. The number of amides is 2. The minimum Gasteiger partial charge on any atom is -0.486 e. The van der Waals surface area contributed by atoms with Crippen molar-refractivity contribution in [2.45, 2.75) is 26.0 Å². The van der Waals surface area contributed by atoms with Crippen LogP contribution in [0.5, 0.6) is 11.5 Å². The molecule has 0 aromatic heterocycles. The minimum atomic E-state index is -0.788. The summed E-state index contributed by atoms with van der Waals surface area (Å²) in [4.78, 5) is 11.4. The third kappa shape index (κ3) is 3.77. The van der Waals surface area contributed by atoms with Crippen LogP contribution in [-0.4, -0.2) is 36.9 Å². The Balaban J connectivity index is 1.92. The fraction of sp³-hybridized carbons (Fsp3) is 0.500. The van der Waals surface area contributed by atoms with E-state index in [1.165, 1.54) is 0 Å². The molecule has 3 N–H and O–H groups in total. The molecule has 0 radical (unpaired) electrons. The van der Waals surface area contributed by atoms with E-state index in [0.29, 0.717) is 30.3 Å². The van der Waals surface area contributed by atoms with Crippen LogP contribution in [0.25, 0.3) is 0 Å². The topological polar surface area (TPSA) is 79.8 Å². The van der Waals surface area contributed by atoms with Crippen LogP contribution < -0.4 is 20.1 Å². The number of rotatable bonds is 4. The van der Waals surface area contributed by atoms with Gasteiger partial charge in [-0.2, -0.15) is 0 Å². The van der Waals surface area contributed by atoms with Gasteiger partial charge in [-0.15, -0.1) is 0 Å². The number of aliphatic hydroxyl groups is 1. The summed E-state index contributed by atoms with van der Waals surface area (Å²) in [6, 6.07) is 5.03. The van der Waals surface area contributed by atoms with Crippen molar-refractivity contribution < 1.29 is 19.4 Å². The van der Waals surface area contributed by atoms with Crippen LogP contribution in [0.4, 0.5) is 4.79 Å². The highest BCUT2D eigenvalue weighted by Gasteiger charge is 2.16. The summed E-state index contributed by atoms with van der Waals surface area (Å²) in [6.45, 7) is 4.92. The number of fused-ring (bicyclic) bond motifs is 1. The summed E-state index contributed by atoms with van der Waals surface area (Å²) in [7, 11) is 0. The molecular weight excluding hydrogens is 260 g/mol. The van der Waals surface area contributed by atoms with Crippen molar-refractivity contribution >= 4 is 6.03 Å². The van der Waals surface area contributed by atoms with E-state index < -0.39 is 6.10 Å². The lowest BCUT2D eigenvalue weighted by molar-refractivity contribution is 0.163. The Labute approximate surface area is 118 Å². The average Bonchev–Trinajstić information content (AvgIpc) is 2.43. The second kappa shape index (κ2) is 6.47. The SMILES string of the molecule is CC(C)NC(=O)NC[C@@H](O)c1ccc2c(c1)OCCO2. The van der Waals surface area contributed by atoms with Crippen LogP contribution in [0.15, 0.2) is 18.2 Å². The summed E-state index contributed by atoms with van der Waals surface area (Å²) in [5.74, 6) is 1.30. The van der Waals surface area contributed by atoms with Crippen molar-refractivity contribution in [2.75, 3.05) is 19.8 Å². The normalized spacial score (nSPS) is 14.8. The largest absolute Gasteiger partial charge is 0.486 e. The van der Waals surface area contributed by atoms with Gasteiger partial charge in [0.15, 0.2) is 11.5 Å². The zero-order chi connectivity index (χ0) is 14.5. The Kier molecular flexibility index (Phi) is 4.68. The molecule has 20 heavy (non-hydrogen) atoms. The molecule has 0 aliphatic carbocycles. The van der Waals surface area contributed by atoms with Crippen LogP contribution in [-0.2, 0) is 0 Å². The van der Waals surface area contributed by atoms with Crippen LogP contribution >= 0.6 is 0 Å². The zero-order valence-electron chi connectivity index (χ0n) is 11.7. The van der Waals surface area contributed by atoms with Gasteiger partial charge in [0.05, 0.1) is 6.10 Å². The fourth-order valence-corrected chi connectivity index (χ4v) is 1.89. The molecular formula is C14H20N2O4. The summed E-state index contributed by atoms with van der Waals surface area (Å²) in [5, 5.41) is 15.4. The molecule has 1 aliphatic heterocycles. The van der Waals surface area contributed by atoms with E-state index in [-0.39, 0.29) is 18.6 Å². The smallest absolute Gasteiger partial charge is 0.315 e. The highest BCUT2D eigenvalue weighted by molar-refractivity contribution is 5.74. The number of urea groups is 1. The first-order valence-corrected chi connectivity index (χ1v) is 6.68. The van der Waals surface area contributed by atoms with Crippen molar-refractivity contribution in [3.63, 3.8) is 0 Å². The lowest BCUT2D eigenvalue weighted by atomic mass is 10.1. The van der Waals surface area contributed by atoms with Gasteiger partial charge in [-0.3, -0.25) is 0 Å². The number of carbonyl (C=O) groups excluding carboxylic acids is 1. The number of nitrogens with one attached hydrogen (secondary N) is 2. The lowest BCUT2D eigenvalue weighted by Crippen LogP contribution is -2.41. The molecule has 1 aromatic carbocycles. The van der Waals surface area contributed by atoms with E-state index in [1.807, 2.05) is 13.8 Å². The molecule has 0 spiro atoms. The number of benzene rings is 1. The molecule has 1 heterocycles. The zero-order valence-corrected chi connectivity index (χ0v) is 11.7. The molecule has 0 fully saturated rings. The molecule has 2 amide bonds. The van der Waals surface area contributed by atoms with Gasteiger partial charge >= 0.3 is 6.03 Å². The summed E-state index contributed by atoms with van der Waals surface area (Å²) >= 11 is 0. The predicted octanol–water partition coefficient (Wildman–Crippen LogP) is 1.20. The third-order valence-electron chi connectivity index (χ3n) is 2.83. The quantitative estimate of drug-likeness (QED) is 0.774. The molecule has 6 nitrogen and oxygen atoms in total. The Morgan fingerprint density at radius 3 is 2.70 bits per heavy atom. The van der Waals surface area contributed by atoms with Crippen LogP contribution in [0, 0.1) is 0 Å². The van der Waals surface area contributed by atoms with E-state index in [2.05, 4.69) is 10.6 Å². The maximum absolute atomic E-state index is 11.4. The second-order valence-corrected chi connectivity index (χ2v) is 4.93. The number of hydrogen-bond donors (Lipinski definition) is 3. The van der Waals surface area contributed by atoms with Gasteiger partial charge in [0, 0.05) is 12.6 Å². The van der Waals surface area contributed by atoms with Crippen molar-refractivity contribution in [2.24, 2.45) is 0 Å². The average molecular weight is 280 g/mol. The molecule has 0 unspecified atom stereocenters. The second-order valence-electron chi connectivity index (χ2n) is 4.93. The minimum absolute atomic E-state index is 0.0569. The van der Waals surface area contributed by atoms with Gasteiger partial charge in [0.25, 0.3) is 0 Å². The molecule has 1 atom stereocenters. The van der Waals surface area contributed by atoms with E-state index >= 15 is 0 Å². The number of ether oxygens (including phenoxy) is 2. The van der Waals surface area contributed by atoms with E-state index in [0.717, 1.165) is 0 Å². The Bertz CT molecular complexity index is 476. The highest BCUT2D eigenvalue weighted by Crippen LogP contribution is 2.32. The van der Waals surface area contributed by atoms with Gasteiger partial charge in [-0.05, 0) is 31.5 Å². The van der Waals surface area contributed by atoms with Crippen LogP contribution in [0.2, 0.25) is 0 Å². The van der Waals surface area contributed by atoms with Crippen LogP contribution in [0.3, 0.4) is 0 Å². The molecule has 1 aromatic rings. The molecule has 6 heteroatoms. The van der Waals surface area contributed by atoms with Gasteiger partial charge in [0.1, 0.15) is 13.2 Å². The molecule has 2 rings (SSSR count). The van der Waals surface area contributed by atoms with Gasteiger partial charge in [-0.1, -0.05) is 6.07 Å². The number of carbonyl (C=O) groups is 1. The van der Waals surface area contributed by atoms with Crippen LogP contribution in [0.1, 0.15) is 25.5 Å². The molecule has 0 bridgehead atoms. The van der Waals surface area contributed by atoms with E-state index in [1.54, 1.807) is 18.2 Å². The molecule has 1 aliphatic rings. The molecule has 0 saturated heterocycles. The van der Waals surface area contributed by atoms with E-state index in [9.17, 15) is 9.90 Å².